The number of pyridine rings is 2. The molecule has 3 aromatic rings. The molecule has 0 radical (unpaired) electrons. The second kappa shape index (κ2) is 5.70. The van der Waals surface area contributed by atoms with E-state index >= 15 is 0 Å². The molecule has 0 amide bonds. The van der Waals surface area contributed by atoms with E-state index < -0.39 is 0 Å². The number of para-hydroxylation sites is 1. The summed E-state index contributed by atoms with van der Waals surface area (Å²) in [5, 5.41) is 10.3. The van der Waals surface area contributed by atoms with E-state index in [2.05, 4.69) is 16.0 Å². The van der Waals surface area contributed by atoms with Crippen LogP contribution in [0.1, 0.15) is 12.5 Å². The highest BCUT2D eigenvalue weighted by molar-refractivity contribution is 6.01. The Morgan fingerprint density at radius 1 is 1.18 bits per heavy atom. The average molecular weight is 289 g/mol. The largest absolute Gasteiger partial charge is 0.397 e. The molecule has 5 nitrogen and oxygen atoms in total. The second-order valence-corrected chi connectivity index (χ2v) is 4.81. The Balaban J connectivity index is 2.33. The summed E-state index contributed by atoms with van der Waals surface area (Å²) in [5.41, 5.74) is 8.61. The first-order valence-corrected chi connectivity index (χ1v) is 7.02. The van der Waals surface area contributed by atoms with Crippen LogP contribution in [-0.4, -0.2) is 16.5 Å². The van der Waals surface area contributed by atoms with Crippen molar-refractivity contribution in [1.29, 1.82) is 5.26 Å². The summed E-state index contributed by atoms with van der Waals surface area (Å²) < 4.78 is 0. The summed E-state index contributed by atoms with van der Waals surface area (Å²) in [4.78, 5) is 10.7. The van der Waals surface area contributed by atoms with Crippen LogP contribution in [0.5, 0.6) is 0 Å². The lowest BCUT2D eigenvalue weighted by atomic mass is 10.1. The fourth-order valence-electron chi connectivity index (χ4n) is 2.55. The second-order valence-electron chi connectivity index (χ2n) is 4.81. The Morgan fingerprint density at radius 3 is 2.73 bits per heavy atom. The van der Waals surface area contributed by atoms with Crippen LogP contribution in [0, 0.1) is 11.3 Å². The minimum atomic E-state index is 0.505. The third kappa shape index (κ3) is 2.21. The summed E-state index contributed by atoms with van der Waals surface area (Å²) in [6.45, 7) is 2.70. The van der Waals surface area contributed by atoms with Crippen molar-refractivity contribution in [2.75, 3.05) is 17.2 Å². The van der Waals surface area contributed by atoms with E-state index in [4.69, 9.17) is 5.73 Å². The molecule has 2 aromatic heterocycles. The number of nitrogen functional groups attached to an aromatic ring is 1. The predicted octanol–water partition coefficient (Wildman–Crippen LogP) is 3.24. The molecule has 0 spiro atoms. The van der Waals surface area contributed by atoms with E-state index in [0.717, 1.165) is 16.9 Å². The van der Waals surface area contributed by atoms with Gasteiger partial charge in [-0.15, -0.1) is 0 Å². The standard InChI is InChI=1S/C17H15N5/c1-2-22(15-8-3-4-9-20-15)17-12(10-18)11-21-16-13(17)6-5-7-14(16)19/h3-9,11H,2,19H2,1H3. The highest BCUT2D eigenvalue weighted by Crippen LogP contribution is 2.35. The van der Waals surface area contributed by atoms with Gasteiger partial charge in [-0.05, 0) is 25.1 Å². The van der Waals surface area contributed by atoms with Gasteiger partial charge in [0.05, 0.1) is 22.5 Å². The van der Waals surface area contributed by atoms with Gasteiger partial charge in [0.25, 0.3) is 0 Å². The van der Waals surface area contributed by atoms with Crippen LogP contribution in [-0.2, 0) is 0 Å². The van der Waals surface area contributed by atoms with Gasteiger partial charge in [0, 0.05) is 24.3 Å². The molecular weight excluding hydrogens is 274 g/mol. The van der Waals surface area contributed by atoms with Crippen LogP contribution in [0.25, 0.3) is 10.9 Å². The van der Waals surface area contributed by atoms with E-state index in [-0.39, 0.29) is 0 Å². The number of hydrogen-bond donors (Lipinski definition) is 1. The molecule has 0 saturated carbocycles. The molecule has 0 atom stereocenters. The zero-order valence-corrected chi connectivity index (χ0v) is 12.2. The fourth-order valence-corrected chi connectivity index (χ4v) is 2.55. The molecule has 108 valence electrons. The van der Waals surface area contributed by atoms with Crippen molar-refractivity contribution < 1.29 is 0 Å². The fraction of sp³-hybridized carbons (Fsp3) is 0.118. The van der Waals surface area contributed by atoms with Gasteiger partial charge in [0.15, 0.2) is 0 Å². The Kier molecular flexibility index (Phi) is 3.58. The van der Waals surface area contributed by atoms with Crippen molar-refractivity contribution in [1.82, 2.24) is 9.97 Å². The summed E-state index contributed by atoms with van der Waals surface area (Å²) in [7, 11) is 0. The number of nitrogens with two attached hydrogens (primary N) is 1. The molecule has 0 aliphatic heterocycles. The maximum absolute atomic E-state index is 9.47. The van der Waals surface area contributed by atoms with Crippen molar-refractivity contribution in [2.24, 2.45) is 0 Å². The Hall–Kier alpha value is -3.13. The first-order chi connectivity index (χ1) is 10.8. The molecule has 0 aliphatic carbocycles. The van der Waals surface area contributed by atoms with E-state index in [9.17, 15) is 5.26 Å². The summed E-state index contributed by atoms with van der Waals surface area (Å²) in [6, 6.07) is 13.5. The van der Waals surface area contributed by atoms with Gasteiger partial charge < -0.3 is 10.6 Å². The molecule has 5 heteroatoms. The van der Waals surface area contributed by atoms with Crippen molar-refractivity contribution in [3.05, 3.63) is 54.4 Å². The molecule has 22 heavy (non-hydrogen) atoms. The highest BCUT2D eigenvalue weighted by atomic mass is 15.2. The topological polar surface area (TPSA) is 78.8 Å². The van der Waals surface area contributed by atoms with E-state index in [1.165, 1.54) is 0 Å². The number of benzene rings is 1. The van der Waals surface area contributed by atoms with Crippen LogP contribution < -0.4 is 10.6 Å². The number of hydrogen-bond acceptors (Lipinski definition) is 5. The van der Waals surface area contributed by atoms with Crippen molar-refractivity contribution in [2.45, 2.75) is 6.92 Å². The molecule has 1 aromatic carbocycles. The van der Waals surface area contributed by atoms with Crippen LogP contribution in [0.3, 0.4) is 0 Å². The average Bonchev–Trinajstić information content (AvgIpc) is 2.57. The zero-order chi connectivity index (χ0) is 15.5. The molecule has 0 unspecified atom stereocenters. The lowest BCUT2D eigenvalue weighted by Gasteiger charge is -2.24. The molecule has 0 aliphatic rings. The minimum Gasteiger partial charge on any atom is -0.397 e. The monoisotopic (exact) mass is 289 g/mol. The first-order valence-electron chi connectivity index (χ1n) is 7.02. The quantitative estimate of drug-likeness (QED) is 0.749. The lowest BCUT2D eigenvalue weighted by Crippen LogP contribution is -2.19. The van der Waals surface area contributed by atoms with Gasteiger partial charge in [-0.2, -0.15) is 5.26 Å². The van der Waals surface area contributed by atoms with Crippen LogP contribution in [0.4, 0.5) is 17.2 Å². The van der Waals surface area contributed by atoms with Crippen molar-refractivity contribution in [3.8, 4) is 6.07 Å². The van der Waals surface area contributed by atoms with Crippen LogP contribution >= 0.6 is 0 Å². The molecule has 0 fully saturated rings. The molecular formula is C17H15N5. The molecule has 2 N–H and O–H groups in total. The van der Waals surface area contributed by atoms with Gasteiger partial charge >= 0.3 is 0 Å². The minimum absolute atomic E-state index is 0.505. The molecule has 2 heterocycles. The van der Waals surface area contributed by atoms with Crippen LogP contribution in [0.2, 0.25) is 0 Å². The molecule has 0 saturated heterocycles. The zero-order valence-electron chi connectivity index (χ0n) is 12.2. The third-order valence-corrected chi connectivity index (χ3v) is 3.53. The van der Waals surface area contributed by atoms with Crippen LogP contribution in [0.15, 0.2) is 48.8 Å². The maximum Gasteiger partial charge on any atom is 0.132 e. The number of rotatable bonds is 3. The number of nitriles is 1. The van der Waals surface area contributed by atoms with Gasteiger partial charge in [0.2, 0.25) is 0 Å². The third-order valence-electron chi connectivity index (χ3n) is 3.53. The number of nitrogens with zero attached hydrogens (tertiary/aromatic N) is 4. The van der Waals surface area contributed by atoms with E-state index in [1.807, 2.05) is 48.2 Å². The smallest absolute Gasteiger partial charge is 0.132 e. The van der Waals surface area contributed by atoms with Gasteiger partial charge in [0.1, 0.15) is 11.9 Å². The molecule has 0 bridgehead atoms. The van der Waals surface area contributed by atoms with Gasteiger partial charge in [-0.3, -0.25) is 4.98 Å². The lowest BCUT2D eigenvalue weighted by molar-refractivity contribution is 0.991. The van der Waals surface area contributed by atoms with Crippen molar-refractivity contribution in [3.63, 3.8) is 0 Å². The summed E-state index contributed by atoms with van der Waals surface area (Å²) >= 11 is 0. The van der Waals surface area contributed by atoms with Crippen molar-refractivity contribution >= 4 is 28.1 Å². The summed E-state index contributed by atoms with van der Waals surface area (Å²) in [5.74, 6) is 0.788. The highest BCUT2D eigenvalue weighted by Gasteiger charge is 2.17. The first kappa shape index (κ1) is 13.8. The molecule has 3 rings (SSSR count). The van der Waals surface area contributed by atoms with Gasteiger partial charge in [-0.25, -0.2) is 4.98 Å². The van der Waals surface area contributed by atoms with E-state index in [0.29, 0.717) is 23.3 Å². The number of fused-ring (bicyclic) bond motifs is 1. The predicted molar refractivity (Wildman–Crippen MR) is 87.8 cm³/mol. The number of aromatic nitrogens is 2. The van der Waals surface area contributed by atoms with E-state index in [1.54, 1.807) is 12.4 Å². The van der Waals surface area contributed by atoms with Gasteiger partial charge in [-0.1, -0.05) is 18.2 Å². The Morgan fingerprint density at radius 2 is 2.05 bits per heavy atom. The Labute approximate surface area is 128 Å². The maximum atomic E-state index is 9.47. The normalized spacial score (nSPS) is 10.4. The summed E-state index contributed by atoms with van der Waals surface area (Å²) in [6.07, 6.45) is 3.31. The number of anilines is 3. The Bertz CT molecular complexity index is 852. The SMILES string of the molecule is CCN(c1ccccn1)c1c(C#N)cnc2c(N)cccc12.